The Morgan fingerprint density at radius 1 is 1.39 bits per heavy atom. The Kier molecular flexibility index (Phi) is 4.96. The zero-order valence-corrected chi connectivity index (χ0v) is 9.46. The van der Waals surface area contributed by atoms with Gasteiger partial charge in [0.15, 0.2) is 6.61 Å². The standard InChI is InChI=1S/C11H13F3N2O2/c12-11(13,14)7-18-16-10(17)5-4-8-2-1-3-9(15)6-8/h1-3,6H,4-5,7,15H2,(H,16,17). The second-order valence-electron chi connectivity index (χ2n) is 3.67. The van der Waals surface area contributed by atoms with E-state index in [0.29, 0.717) is 12.1 Å². The molecule has 1 amide bonds. The molecule has 4 nitrogen and oxygen atoms in total. The Hall–Kier alpha value is -1.76. The van der Waals surface area contributed by atoms with Crippen LogP contribution in [0, 0.1) is 0 Å². The summed E-state index contributed by atoms with van der Waals surface area (Å²) in [5.41, 5.74) is 8.68. The molecule has 0 saturated carbocycles. The molecule has 0 bridgehead atoms. The smallest absolute Gasteiger partial charge is 0.399 e. The molecule has 0 aliphatic heterocycles. The third-order valence-electron chi connectivity index (χ3n) is 2.01. The normalized spacial score (nSPS) is 11.3. The highest BCUT2D eigenvalue weighted by molar-refractivity contribution is 5.75. The number of aryl methyl sites for hydroxylation is 1. The van der Waals surface area contributed by atoms with Gasteiger partial charge in [-0.3, -0.25) is 9.63 Å². The summed E-state index contributed by atoms with van der Waals surface area (Å²) >= 11 is 0. The largest absolute Gasteiger partial charge is 0.414 e. The van der Waals surface area contributed by atoms with Gasteiger partial charge in [-0.25, -0.2) is 5.48 Å². The number of nitrogens with two attached hydrogens (primary N) is 1. The van der Waals surface area contributed by atoms with Gasteiger partial charge in [0, 0.05) is 12.1 Å². The molecule has 0 spiro atoms. The van der Waals surface area contributed by atoms with E-state index < -0.39 is 18.7 Å². The molecule has 1 aromatic rings. The van der Waals surface area contributed by atoms with Gasteiger partial charge in [-0.1, -0.05) is 12.1 Å². The monoisotopic (exact) mass is 262 g/mol. The van der Waals surface area contributed by atoms with Gasteiger partial charge >= 0.3 is 6.18 Å². The van der Waals surface area contributed by atoms with Crippen LogP contribution < -0.4 is 11.2 Å². The highest BCUT2D eigenvalue weighted by atomic mass is 19.4. The molecular weight excluding hydrogens is 249 g/mol. The van der Waals surface area contributed by atoms with Crippen molar-refractivity contribution in [1.82, 2.24) is 5.48 Å². The van der Waals surface area contributed by atoms with Crippen molar-refractivity contribution >= 4 is 11.6 Å². The second kappa shape index (κ2) is 6.25. The van der Waals surface area contributed by atoms with Crippen LogP contribution in [0.1, 0.15) is 12.0 Å². The van der Waals surface area contributed by atoms with E-state index >= 15 is 0 Å². The minimum absolute atomic E-state index is 0.0291. The molecule has 100 valence electrons. The van der Waals surface area contributed by atoms with Gasteiger partial charge in [0.2, 0.25) is 5.91 Å². The van der Waals surface area contributed by atoms with Gasteiger partial charge in [0.1, 0.15) is 0 Å². The van der Waals surface area contributed by atoms with E-state index in [4.69, 9.17) is 5.73 Å². The number of hydrogen-bond acceptors (Lipinski definition) is 3. The minimum atomic E-state index is -4.46. The van der Waals surface area contributed by atoms with Crippen molar-refractivity contribution in [2.24, 2.45) is 0 Å². The Balaban J connectivity index is 2.25. The lowest BCUT2D eigenvalue weighted by atomic mass is 10.1. The number of nitrogens with one attached hydrogen (secondary N) is 1. The zero-order valence-electron chi connectivity index (χ0n) is 9.46. The number of hydroxylamine groups is 1. The van der Waals surface area contributed by atoms with Crippen LogP contribution in [0.5, 0.6) is 0 Å². The fourth-order valence-corrected chi connectivity index (χ4v) is 1.26. The van der Waals surface area contributed by atoms with Gasteiger partial charge in [-0.2, -0.15) is 13.2 Å². The fraction of sp³-hybridized carbons (Fsp3) is 0.364. The average Bonchev–Trinajstić information content (AvgIpc) is 2.25. The second-order valence-corrected chi connectivity index (χ2v) is 3.67. The zero-order chi connectivity index (χ0) is 13.6. The molecule has 0 heterocycles. The number of carbonyl (C=O) groups is 1. The predicted molar refractivity (Wildman–Crippen MR) is 59.3 cm³/mol. The van der Waals surface area contributed by atoms with E-state index in [9.17, 15) is 18.0 Å². The molecule has 18 heavy (non-hydrogen) atoms. The summed E-state index contributed by atoms with van der Waals surface area (Å²) in [4.78, 5) is 15.2. The average molecular weight is 262 g/mol. The SMILES string of the molecule is Nc1cccc(CCC(=O)NOCC(F)(F)F)c1. The van der Waals surface area contributed by atoms with E-state index in [1.54, 1.807) is 29.7 Å². The highest BCUT2D eigenvalue weighted by Gasteiger charge is 2.28. The van der Waals surface area contributed by atoms with E-state index in [0.717, 1.165) is 5.56 Å². The first-order chi connectivity index (χ1) is 8.37. The number of nitrogen functional groups attached to an aromatic ring is 1. The van der Waals surface area contributed by atoms with Gasteiger partial charge < -0.3 is 5.73 Å². The van der Waals surface area contributed by atoms with E-state index in [1.165, 1.54) is 0 Å². The fourth-order valence-electron chi connectivity index (χ4n) is 1.26. The van der Waals surface area contributed by atoms with Crippen molar-refractivity contribution in [3.63, 3.8) is 0 Å². The van der Waals surface area contributed by atoms with Gasteiger partial charge in [0.05, 0.1) is 0 Å². The molecule has 0 aromatic heterocycles. The molecule has 0 fully saturated rings. The van der Waals surface area contributed by atoms with Crippen molar-refractivity contribution in [3.8, 4) is 0 Å². The Morgan fingerprint density at radius 3 is 2.72 bits per heavy atom. The van der Waals surface area contributed by atoms with E-state index in [-0.39, 0.29) is 6.42 Å². The molecule has 1 aromatic carbocycles. The van der Waals surface area contributed by atoms with Crippen LogP contribution in [0.4, 0.5) is 18.9 Å². The topological polar surface area (TPSA) is 64.4 Å². The van der Waals surface area contributed by atoms with E-state index in [2.05, 4.69) is 4.84 Å². The Labute approximate surface area is 102 Å². The molecule has 1 rings (SSSR count). The first-order valence-corrected chi connectivity index (χ1v) is 5.18. The molecular formula is C11H13F3N2O2. The van der Waals surface area contributed by atoms with E-state index in [1.807, 2.05) is 0 Å². The molecule has 0 aliphatic carbocycles. The highest BCUT2D eigenvalue weighted by Crippen LogP contribution is 2.13. The van der Waals surface area contributed by atoms with Crippen molar-refractivity contribution in [2.45, 2.75) is 19.0 Å². The van der Waals surface area contributed by atoms with Crippen LogP contribution in [0.15, 0.2) is 24.3 Å². The summed E-state index contributed by atoms with van der Waals surface area (Å²) in [6.45, 7) is -1.50. The number of alkyl halides is 3. The quantitative estimate of drug-likeness (QED) is 0.628. The lowest BCUT2D eigenvalue weighted by molar-refractivity contribution is -0.191. The number of carbonyl (C=O) groups excluding carboxylic acids is 1. The number of amides is 1. The first-order valence-electron chi connectivity index (χ1n) is 5.18. The first kappa shape index (κ1) is 14.3. The summed E-state index contributed by atoms with van der Waals surface area (Å²) in [5, 5.41) is 0. The molecule has 3 N–H and O–H groups in total. The van der Waals surface area contributed by atoms with Gasteiger partial charge in [0.25, 0.3) is 0 Å². The lowest BCUT2D eigenvalue weighted by Gasteiger charge is -2.08. The third kappa shape index (κ3) is 6.09. The number of benzene rings is 1. The Morgan fingerprint density at radius 2 is 2.11 bits per heavy atom. The maximum atomic E-state index is 11.7. The van der Waals surface area contributed by atoms with Crippen molar-refractivity contribution in [1.29, 1.82) is 0 Å². The molecule has 0 unspecified atom stereocenters. The third-order valence-corrected chi connectivity index (χ3v) is 2.01. The summed E-state index contributed by atoms with van der Waals surface area (Å²) < 4.78 is 35.1. The lowest BCUT2D eigenvalue weighted by Crippen LogP contribution is -2.29. The molecule has 0 atom stereocenters. The van der Waals surface area contributed by atoms with Crippen LogP contribution in [-0.4, -0.2) is 18.7 Å². The molecule has 0 aliphatic rings. The van der Waals surface area contributed by atoms with Crippen LogP contribution in [0.25, 0.3) is 0 Å². The summed E-state index contributed by atoms with van der Waals surface area (Å²) in [6.07, 6.45) is -4.05. The predicted octanol–water partition coefficient (Wildman–Crippen LogP) is 1.81. The van der Waals surface area contributed by atoms with Crippen molar-refractivity contribution < 1.29 is 22.8 Å². The molecule has 0 radical (unpaired) electrons. The summed E-state index contributed by atoms with van der Waals surface area (Å²) in [5.74, 6) is -0.610. The number of halogens is 3. The number of anilines is 1. The van der Waals surface area contributed by atoms with Crippen LogP contribution in [-0.2, 0) is 16.1 Å². The van der Waals surface area contributed by atoms with Crippen LogP contribution >= 0.6 is 0 Å². The van der Waals surface area contributed by atoms with Gasteiger partial charge in [-0.15, -0.1) is 0 Å². The molecule has 0 saturated heterocycles. The maximum absolute atomic E-state index is 11.7. The minimum Gasteiger partial charge on any atom is -0.399 e. The van der Waals surface area contributed by atoms with Crippen molar-refractivity contribution in [2.75, 3.05) is 12.3 Å². The van der Waals surface area contributed by atoms with Crippen LogP contribution in [0.3, 0.4) is 0 Å². The number of rotatable bonds is 5. The molecule has 7 heteroatoms. The number of hydrogen-bond donors (Lipinski definition) is 2. The van der Waals surface area contributed by atoms with Gasteiger partial charge in [-0.05, 0) is 24.1 Å². The summed E-state index contributed by atoms with van der Waals surface area (Å²) in [6, 6.07) is 6.92. The maximum Gasteiger partial charge on any atom is 0.414 e. The van der Waals surface area contributed by atoms with Crippen LogP contribution in [0.2, 0.25) is 0 Å². The summed E-state index contributed by atoms with van der Waals surface area (Å²) in [7, 11) is 0. The van der Waals surface area contributed by atoms with Crippen molar-refractivity contribution in [3.05, 3.63) is 29.8 Å². The Bertz CT molecular complexity index is 408.